The molecule has 0 N–H and O–H groups in total. The van der Waals surface area contributed by atoms with Gasteiger partial charge in [-0.1, -0.05) is 48.0 Å². The SMILES string of the molecule is Cc1ccc([C@@H]2C(=O)Oc3ccccc32)cc1. The maximum Gasteiger partial charge on any atom is 0.323 e. The zero-order valence-corrected chi connectivity index (χ0v) is 9.51. The summed E-state index contributed by atoms with van der Waals surface area (Å²) in [5.74, 6) is 0.227. The summed E-state index contributed by atoms with van der Waals surface area (Å²) in [6.07, 6.45) is 0. The number of fused-ring (bicyclic) bond motifs is 1. The van der Waals surface area contributed by atoms with Crippen molar-refractivity contribution in [2.24, 2.45) is 0 Å². The van der Waals surface area contributed by atoms with Crippen LogP contribution >= 0.6 is 0 Å². The van der Waals surface area contributed by atoms with E-state index in [1.165, 1.54) is 5.56 Å². The third-order valence-electron chi connectivity index (χ3n) is 3.09. The van der Waals surface area contributed by atoms with Gasteiger partial charge < -0.3 is 4.74 Å². The smallest absolute Gasteiger partial charge is 0.323 e. The minimum atomic E-state index is -0.271. The quantitative estimate of drug-likeness (QED) is 0.549. The molecular formula is C15H12O2. The van der Waals surface area contributed by atoms with Gasteiger partial charge >= 0.3 is 5.97 Å². The first-order valence-corrected chi connectivity index (χ1v) is 5.63. The Hall–Kier alpha value is -2.09. The molecule has 84 valence electrons. The van der Waals surface area contributed by atoms with Gasteiger partial charge in [-0.2, -0.15) is 0 Å². The van der Waals surface area contributed by atoms with E-state index < -0.39 is 0 Å². The Morgan fingerprint density at radius 1 is 1.00 bits per heavy atom. The van der Waals surface area contributed by atoms with Gasteiger partial charge in [-0.05, 0) is 18.6 Å². The monoisotopic (exact) mass is 224 g/mol. The summed E-state index contributed by atoms with van der Waals surface area (Å²) < 4.78 is 5.27. The second-order valence-electron chi connectivity index (χ2n) is 4.30. The number of hydrogen-bond donors (Lipinski definition) is 0. The van der Waals surface area contributed by atoms with E-state index in [2.05, 4.69) is 0 Å². The van der Waals surface area contributed by atoms with Gasteiger partial charge in [-0.25, -0.2) is 0 Å². The van der Waals surface area contributed by atoms with Crippen LogP contribution in [0.1, 0.15) is 22.6 Å². The molecule has 0 amide bonds. The molecule has 0 saturated carbocycles. The highest BCUT2D eigenvalue weighted by atomic mass is 16.5. The number of carbonyl (C=O) groups excluding carboxylic acids is 1. The molecule has 17 heavy (non-hydrogen) atoms. The van der Waals surface area contributed by atoms with Gasteiger partial charge in [-0.3, -0.25) is 4.79 Å². The van der Waals surface area contributed by atoms with Gasteiger partial charge in [0, 0.05) is 5.56 Å². The van der Waals surface area contributed by atoms with Crippen molar-refractivity contribution in [3.63, 3.8) is 0 Å². The van der Waals surface area contributed by atoms with Crippen LogP contribution in [0.2, 0.25) is 0 Å². The summed E-state index contributed by atoms with van der Waals surface area (Å²) in [4.78, 5) is 11.9. The lowest BCUT2D eigenvalue weighted by Gasteiger charge is -2.07. The van der Waals surface area contributed by atoms with Crippen LogP contribution in [0, 0.1) is 6.92 Å². The van der Waals surface area contributed by atoms with E-state index in [0.29, 0.717) is 5.75 Å². The number of esters is 1. The van der Waals surface area contributed by atoms with E-state index in [9.17, 15) is 4.79 Å². The summed E-state index contributed by atoms with van der Waals surface area (Å²) in [6.45, 7) is 2.03. The largest absolute Gasteiger partial charge is 0.425 e. The van der Waals surface area contributed by atoms with Crippen LogP contribution in [0.4, 0.5) is 0 Å². The lowest BCUT2D eigenvalue weighted by molar-refractivity contribution is -0.133. The topological polar surface area (TPSA) is 26.3 Å². The van der Waals surface area contributed by atoms with Crippen molar-refractivity contribution in [1.82, 2.24) is 0 Å². The van der Waals surface area contributed by atoms with Crippen molar-refractivity contribution < 1.29 is 9.53 Å². The van der Waals surface area contributed by atoms with Crippen molar-refractivity contribution in [3.8, 4) is 5.75 Å². The van der Waals surface area contributed by atoms with Gasteiger partial charge in [0.1, 0.15) is 11.7 Å². The predicted octanol–water partition coefficient (Wildman–Crippen LogP) is 3.05. The third kappa shape index (κ3) is 1.62. The van der Waals surface area contributed by atoms with Gasteiger partial charge in [0.2, 0.25) is 0 Å². The second-order valence-corrected chi connectivity index (χ2v) is 4.30. The van der Waals surface area contributed by atoms with Crippen molar-refractivity contribution in [2.75, 3.05) is 0 Å². The molecule has 0 spiro atoms. The normalized spacial score (nSPS) is 17.7. The number of rotatable bonds is 1. The molecule has 0 bridgehead atoms. The van der Waals surface area contributed by atoms with E-state index in [-0.39, 0.29) is 11.9 Å². The van der Waals surface area contributed by atoms with Crippen molar-refractivity contribution >= 4 is 5.97 Å². The maximum absolute atomic E-state index is 11.9. The Morgan fingerprint density at radius 3 is 2.47 bits per heavy atom. The fourth-order valence-electron chi connectivity index (χ4n) is 2.18. The van der Waals surface area contributed by atoms with Crippen LogP contribution in [-0.2, 0) is 4.79 Å². The van der Waals surface area contributed by atoms with Crippen LogP contribution in [-0.4, -0.2) is 5.97 Å². The predicted molar refractivity (Wildman–Crippen MR) is 65.1 cm³/mol. The standard InChI is InChI=1S/C15H12O2/c1-10-6-8-11(9-7-10)14-12-4-2-3-5-13(12)17-15(14)16/h2-9,14H,1H3/t14-/m0/s1. The Morgan fingerprint density at radius 2 is 1.71 bits per heavy atom. The maximum atomic E-state index is 11.9. The van der Waals surface area contributed by atoms with Gasteiger partial charge in [-0.15, -0.1) is 0 Å². The van der Waals surface area contributed by atoms with E-state index in [4.69, 9.17) is 4.74 Å². The van der Waals surface area contributed by atoms with Gasteiger partial charge in [0.15, 0.2) is 0 Å². The van der Waals surface area contributed by atoms with E-state index in [1.807, 2.05) is 55.5 Å². The summed E-state index contributed by atoms with van der Waals surface area (Å²) in [6, 6.07) is 15.6. The van der Waals surface area contributed by atoms with Crippen molar-refractivity contribution in [3.05, 3.63) is 65.2 Å². The molecule has 2 aromatic rings. The highest BCUT2D eigenvalue weighted by Crippen LogP contribution is 2.38. The zero-order valence-electron chi connectivity index (χ0n) is 9.51. The first-order valence-electron chi connectivity index (χ1n) is 5.63. The molecule has 1 aliphatic heterocycles. The number of aryl methyl sites for hydroxylation is 1. The van der Waals surface area contributed by atoms with Crippen molar-refractivity contribution in [2.45, 2.75) is 12.8 Å². The number of para-hydroxylation sites is 1. The number of ether oxygens (including phenoxy) is 1. The van der Waals surface area contributed by atoms with E-state index in [0.717, 1.165) is 11.1 Å². The van der Waals surface area contributed by atoms with Crippen LogP contribution in [0.15, 0.2) is 48.5 Å². The Balaban J connectivity index is 2.09. The third-order valence-corrected chi connectivity index (χ3v) is 3.09. The summed E-state index contributed by atoms with van der Waals surface area (Å²) in [5, 5.41) is 0. The van der Waals surface area contributed by atoms with Crippen LogP contribution in [0.25, 0.3) is 0 Å². The van der Waals surface area contributed by atoms with Gasteiger partial charge in [0.05, 0.1) is 0 Å². The van der Waals surface area contributed by atoms with Crippen LogP contribution < -0.4 is 4.74 Å². The summed E-state index contributed by atoms with van der Waals surface area (Å²) >= 11 is 0. The molecule has 0 saturated heterocycles. The fraction of sp³-hybridized carbons (Fsp3) is 0.133. The summed E-state index contributed by atoms with van der Waals surface area (Å²) in [5.41, 5.74) is 3.14. The fourth-order valence-corrected chi connectivity index (χ4v) is 2.18. The molecule has 2 heteroatoms. The molecule has 3 rings (SSSR count). The zero-order chi connectivity index (χ0) is 11.8. The molecule has 2 nitrogen and oxygen atoms in total. The van der Waals surface area contributed by atoms with Crippen molar-refractivity contribution in [1.29, 1.82) is 0 Å². The van der Waals surface area contributed by atoms with Crippen LogP contribution in [0.5, 0.6) is 5.75 Å². The number of carbonyl (C=O) groups is 1. The number of benzene rings is 2. The Bertz CT molecular complexity index is 570. The van der Waals surface area contributed by atoms with E-state index >= 15 is 0 Å². The second kappa shape index (κ2) is 3.74. The Labute approximate surface area is 99.9 Å². The minimum Gasteiger partial charge on any atom is -0.425 e. The Kier molecular flexibility index (Phi) is 2.22. The lowest BCUT2D eigenvalue weighted by atomic mass is 9.92. The van der Waals surface area contributed by atoms with Gasteiger partial charge in [0.25, 0.3) is 0 Å². The molecule has 1 atom stereocenters. The first-order chi connectivity index (χ1) is 8.25. The van der Waals surface area contributed by atoms with E-state index in [1.54, 1.807) is 0 Å². The molecule has 0 radical (unpaired) electrons. The first kappa shape index (κ1) is 10.1. The molecule has 0 aliphatic carbocycles. The molecule has 0 aromatic heterocycles. The molecular weight excluding hydrogens is 212 g/mol. The average molecular weight is 224 g/mol. The minimum absolute atomic E-state index is 0.185. The highest BCUT2D eigenvalue weighted by Gasteiger charge is 2.33. The molecule has 0 unspecified atom stereocenters. The average Bonchev–Trinajstić information content (AvgIpc) is 2.66. The molecule has 1 aliphatic rings. The lowest BCUT2D eigenvalue weighted by Crippen LogP contribution is -2.11. The highest BCUT2D eigenvalue weighted by molar-refractivity contribution is 5.89. The number of hydrogen-bond acceptors (Lipinski definition) is 2. The molecule has 0 fully saturated rings. The van der Waals surface area contributed by atoms with Crippen LogP contribution in [0.3, 0.4) is 0 Å². The molecule has 1 heterocycles. The molecule has 2 aromatic carbocycles. The summed E-state index contributed by atoms with van der Waals surface area (Å²) in [7, 11) is 0.